The van der Waals surface area contributed by atoms with Crippen molar-refractivity contribution >= 4 is 5.91 Å². The van der Waals surface area contributed by atoms with Crippen LogP contribution in [0.1, 0.15) is 309 Å². The molecule has 3 atom stereocenters. The highest BCUT2D eigenvalue weighted by Gasteiger charge is 2.20. The summed E-state index contributed by atoms with van der Waals surface area (Å²) in [4.78, 5) is 12.5. The molecule has 0 spiro atoms. The number of carbonyl (C=O) groups excluding carboxylic acids is 1. The molecule has 0 saturated carbocycles. The summed E-state index contributed by atoms with van der Waals surface area (Å²) < 4.78 is 0. The first-order chi connectivity index (χ1) is 31.5. The van der Waals surface area contributed by atoms with Crippen LogP contribution in [0.5, 0.6) is 0 Å². The van der Waals surface area contributed by atoms with E-state index in [1.54, 1.807) is 6.08 Å². The van der Waals surface area contributed by atoms with Crippen LogP contribution in [0, 0.1) is 0 Å². The predicted molar refractivity (Wildman–Crippen MR) is 282 cm³/mol. The largest absolute Gasteiger partial charge is 0.394 e. The number of carbonyl (C=O) groups is 1. The molecule has 64 heavy (non-hydrogen) atoms. The molecule has 0 fully saturated rings. The molecule has 4 N–H and O–H groups in total. The Hall–Kier alpha value is -1.43. The molecule has 0 rings (SSSR count). The zero-order valence-electron chi connectivity index (χ0n) is 43.2. The van der Waals surface area contributed by atoms with Crippen LogP contribution >= 0.6 is 0 Å². The van der Waals surface area contributed by atoms with Gasteiger partial charge in [-0.1, -0.05) is 281 Å². The van der Waals surface area contributed by atoms with Crippen molar-refractivity contribution in [3.05, 3.63) is 36.5 Å². The number of hydrogen-bond acceptors (Lipinski definition) is 4. The van der Waals surface area contributed by atoms with E-state index in [9.17, 15) is 20.1 Å². The highest BCUT2D eigenvalue weighted by atomic mass is 16.3. The standard InChI is InChI=1S/C59H113NO4/c1-3-5-7-9-11-13-15-17-19-20-21-22-23-24-25-26-27-28-29-30-31-32-33-34-35-36-37-38-39-40-42-44-46-48-50-52-56(62)54-59(64)60-57(55-61)58(63)53-51-49-47-45-43-41-18-16-14-12-10-8-6-4-2/h28-29,43,45,51,53,56-58,61-63H,3-27,30-42,44,46-50,52,54-55H2,1-2H3,(H,60,64)/b29-28-,45-43+,53-51+. The Morgan fingerprint density at radius 2 is 0.672 bits per heavy atom. The number of unbranched alkanes of at least 4 members (excludes halogenated alkanes) is 40. The second-order valence-corrected chi connectivity index (χ2v) is 19.9. The van der Waals surface area contributed by atoms with Gasteiger partial charge in [0.05, 0.1) is 31.3 Å². The van der Waals surface area contributed by atoms with Crippen molar-refractivity contribution in [2.45, 2.75) is 327 Å². The molecule has 0 radical (unpaired) electrons. The van der Waals surface area contributed by atoms with Crippen molar-refractivity contribution in [2.24, 2.45) is 0 Å². The summed E-state index contributed by atoms with van der Waals surface area (Å²) >= 11 is 0. The molecule has 0 aromatic rings. The van der Waals surface area contributed by atoms with Crippen LogP contribution in [-0.4, -0.2) is 46.1 Å². The van der Waals surface area contributed by atoms with Gasteiger partial charge in [0.15, 0.2) is 0 Å². The molecule has 378 valence electrons. The van der Waals surface area contributed by atoms with Crippen LogP contribution in [0.2, 0.25) is 0 Å². The average Bonchev–Trinajstić information content (AvgIpc) is 3.29. The Kier molecular flexibility index (Phi) is 53.0. The maximum absolute atomic E-state index is 12.5. The fraction of sp³-hybridized carbons (Fsp3) is 0.881. The predicted octanol–water partition coefficient (Wildman–Crippen LogP) is 17.8. The van der Waals surface area contributed by atoms with Gasteiger partial charge in [-0.05, 0) is 57.8 Å². The lowest BCUT2D eigenvalue weighted by Gasteiger charge is -2.21. The molecule has 5 heteroatoms. The Balaban J connectivity index is 3.49. The molecule has 5 nitrogen and oxygen atoms in total. The first-order valence-electron chi connectivity index (χ1n) is 28.8. The number of nitrogens with one attached hydrogen (secondary N) is 1. The van der Waals surface area contributed by atoms with Gasteiger partial charge in [0.25, 0.3) is 0 Å². The summed E-state index contributed by atoms with van der Waals surface area (Å²) in [6, 6.07) is -0.760. The first-order valence-corrected chi connectivity index (χ1v) is 28.8. The molecule has 0 aliphatic carbocycles. The van der Waals surface area contributed by atoms with E-state index in [-0.39, 0.29) is 18.9 Å². The Morgan fingerprint density at radius 3 is 1.00 bits per heavy atom. The fourth-order valence-corrected chi connectivity index (χ4v) is 9.00. The van der Waals surface area contributed by atoms with Gasteiger partial charge in [0.1, 0.15) is 0 Å². The third-order valence-corrected chi connectivity index (χ3v) is 13.4. The smallest absolute Gasteiger partial charge is 0.222 e. The monoisotopic (exact) mass is 900 g/mol. The quantitative estimate of drug-likeness (QED) is 0.0362. The highest BCUT2D eigenvalue weighted by Crippen LogP contribution is 2.17. The minimum atomic E-state index is -0.951. The van der Waals surface area contributed by atoms with Gasteiger partial charge < -0.3 is 20.6 Å². The maximum Gasteiger partial charge on any atom is 0.222 e. The molecule has 0 aromatic heterocycles. The minimum absolute atomic E-state index is 0.00779. The van der Waals surface area contributed by atoms with Gasteiger partial charge in [-0.25, -0.2) is 0 Å². The molecular formula is C59H113NO4. The van der Waals surface area contributed by atoms with Gasteiger partial charge >= 0.3 is 0 Å². The molecule has 3 unspecified atom stereocenters. The van der Waals surface area contributed by atoms with E-state index < -0.39 is 18.2 Å². The number of allylic oxidation sites excluding steroid dienone is 5. The topological polar surface area (TPSA) is 89.8 Å². The van der Waals surface area contributed by atoms with E-state index >= 15 is 0 Å². The van der Waals surface area contributed by atoms with E-state index in [0.717, 1.165) is 32.1 Å². The number of hydrogen-bond donors (Lipinski definition) is 4. The summed E-state index contributed by atoms with van der Waals surface area (Å²) in [5.41, 5.74) is 0. The molecule has 0 saturated heterocycles. The molecule has 0 heterocycles. The lowest BCUT2D eigenvalue weighted by molar-refractivity contribution is -0.124. The van der Waals surface area contributed by atoms with Crippen molar-refractivity contribution in [1.82, 2.24) is 5.32 Å². The second kappa shape index (κ2) is 54.2. The van der Waals surface area contributed by atoms with Crippen LogP contribution in [0.15, 0.2) is 36.5 Å². The van der Waals surface area contributed by atoms with Crippen LogP contribution in [0.3, 0.4) is 0 Å². The van der Waals surface area contributed by atoms with Crippen LogP contribution in [0.4, 0.5) is 0 Å². The van der Waals surface area contributed by atoms with Crippen molar-refractivity contribution in [2.75, 3.05) is 6.61 Å². The van der Waals surface area contributed by atoms with Gasteiger partial charge in [-0.3, -0.25) is 4.79 Å². The van der Waals surface area contributed by atoms with E-state index in [0.29, 0.717) is 6.42 Å². The number of aliphatic hydroxyl groups is 3. The third kappa shape index (κ3) is 50.0. The van der Waals surface area contributed by atoms with Gasteiger partial charge in [-0.15, -0.1) is 0 Å². The summed E-state index contributed by atoms with van der Waals surface area (Å²) in [7, 11) is 0. The summed E-state index contributed by atoms with van der Waals surface area (Å²) in [5, 5.41) is 33.3. The maximum atomic E-state index is 12.5. The lowest BCUT2D eigenvalue weighted by Crippen LogP contribution is -2.45. The SMILES string of the molecule is CCCCCCCCCC/C=C/CC/C=C/C(O)C(CO)NC(=O)CC(O)CCCCCCCCCCCCCCCCC/C=C\CCCCCCCCCCCCCCCCCC. The number of amides is 1. The van der Waals surface area contributed by atoms with Gasteiger partial charge in [0.2, 0.25) is 5.91 Å². The molecule has 1 amide bonds. The number of aliphatic hydroxyl groups excluding tert-OH is 3. The normalized spacial score (nSPS) is 13.5. The zero-order chi connectivity index (χ0) is 46.5. The minimum Gasteiger partial charge on any atom is -0.394 e. The van der Waals surface area contributed by atoms with Crippen LogP contribution in [-0.2, 0) is 4.79 Å². The molecule has 0 aliphatic heterocycles. The lowest BCUT2D eigenvalue weighted by atomic mass is 10.0. The van der Waals surface area contributed by atoms with E-state index in [4.69, 9.17) is 0 Å². The molecular weight excluding hydrogens is 787 g/mol. The average molecular weight is 901 g/mol. The Labute approximate surface area is 400 Å². The van der Waals surface area contributed by atoms with E-state index in [2.05, 4.69) is 43.5 Å². The Morgan fingerprint density at radius 1 is 0.391 bits per heavy atom. The van der Waals surface area contributed by atoms with Crippen LogP contribution < -0.4 is 5.32 Å². The summed E-state index contributed by atoms with van der Waals surface area (Å²) in [6.45, 7) is 4.22. The second-order valence-electron chi connectivity index (χ2n) is 19.9. The molecule has 0 bridgehead atoms. The molecule has 0 aliphatic rings. The Bertz CT molecular complexity index is 993. The van der Waals surface area contributed by atoms with E-state index in [1.165, 1.54) is 250 Å². The fourth-order valence-electron chi connectivity index (χ4n) is 9.00. The van der Waals surface area contributed by atoms with Crippen molar-refractivity contribution in [3.63, 3.8) is 0 Å². The summed E-state index contributed by atoms with van der Waals surface area (Å²) in [6.07, 6.45) is 70.7. The zero-order valence-corrected chi connectivity index (χ0v) is 43.2. The van der Waals surface area contributed by atoms with Gasteiger partial charge in [0, 0.05) is 0 Å². The van der Waals surface area contributed by atoms with Gasteiger partial charge in [-0.2, -0.15) is 0 Å². The highest BCUT2D eigenvalue weighted by molar-refractivity contribution is 5.76. The van der Waals surface area contributed by atoms with E-state index in [1.807, 2.05) is 6.08 Å². The van der Waals surface area contributed by atoms with Crippen LogP contribution in [0.25, 0.3) is 0 Å². The van der Waals surface area contributed by atoms with Crippen molar-refractivity contribution in [3.8, 4) is 0 Å². The summed E-state index contributed by atoms with van der Waals surface area (Å²) in [5.74, 6) is -0.322. The number of rotatable bonds is 53. The first kappa shape index (κ1) is 62.6. The van der Waals surface area contributed by atoms with Crippen molar-refractivity contribution < 1.29 is 20.1 Å². The molecule has 0 aromatic carbocycles. The van der Waals surface area contributed by atoms with Crippen molar-refractivity contribution in [1.29, 1.82) is 0 Å². The third-order valence-electron chi connectivity index (χ3n) is 13.4.